The van der Waals surface area contributed by atoms with Gasteiger partial charge in [0.05, 0.1) is 19.8 Å². The maximum absolute atomic E-state index is 5.53. The first kappa shape index (κ1) is 13.1. The molecule has 0 amide bonds. The van der Waals surface area contributed by atoms with Crippen molar-refractivity contribution in [1.82, 2.24) is 10.1 Å². The number of para-hydroxylation sites is 1. The number of hydrogen-bond donors (Lipinski definition) is 1. The lowest BCUT2D eigenvalue weighted by molar-refractivity contribution is -0.0941. The van der Waals surface area contributed by atoms with Gasteiger partial charge in [-0.2, -0.15) is 4.98 Å². The fourth-order valence-corrected chi connectivity index (χ4v) is 2.01. The van der Waals surface area contributed by atoms with Gasteiger partial charge >= 0.3 is 0 Å². The molecule has 1 saturated heterocycles. The topological polar surface area (TPSA) is 69.4 Å². The molecule has 1 aliphatic heterocycles. The Morgan fingerprint density at radius 2 is 2.10 bits per heavy atom. The largest absolute Gasteiger partial charge is 0.385 e. The average molecular weight is 275 g/mol. The molecule has 20 heavy (non-hydrogen) atoms. The number of aromatic nitrogens is 2. The highest BCUT2D eigenvalue weighted by Crippen LogP contribution is 2.17. The molecule has 1 atom stereocenters. The number of anilines is 1. The summed E-state index contributed by atoms with van der Waals surface area (Å²) in [6.07, 6.45) is 0.471. The molecule has 1 aromatic heterocycles. The Labute approximate surface area is 117 Å². The molecule has 0 saturated carbocycles. The summed E-state index contributed by atoms with van der Waals surface area (Å²) >= 11 is 0. The molecule has 1 N–H and O–H groups in total. The second-order valence-corrected chi connectivity index (χ2v) is 4.52. The molecule has 106 valence electrons. The normalized spacial score (nSPS) is 18.9. The first-order valence-electron chi connectivity index (χ1n) is 6.72. The highest BCUT2D eigenvalue weighted by molar-refractivity contribution is 5.42. The van der Waals surface area contributed by atoms with E-state index in [2.05, 4.69) is 15.5 Å². The Morgan fingerprint density at radius 3 is 2.90 bits per heavy atom. The molecule has 1 fully saturated rings. The van der Waals surface area contributed by atoms with Crippen molar-refractivity contribution in [3.63, 3.8) is 0 Å². The van der Waals surface area contributed by atoms with Crippen molar-refractivity contribution in [2.24, 2.45) is 0 Å². The van der Waals surface area contributed by atoms with E-state index in [4.69, 9.17) is 14.0 Å². The minimum Gasteiger partial charge on any atom is -0.385 e. The lowest BCUT2D eigenvalue weighted by atomic mass is 10.3. The van der Waals surface area contributed by atoms with Crippen LogP contribution in [0.25, 0.3) is 0 Å². The van der Waals surface area contributed by atoms with E-state index in [9.17, 15) is 0 Å². The van der Waals surface area contributed by atoms with Crippen molar-refractivity contribution in [3.05, 3.63) is 42.0 Å². The van der Waals surface area contributed by atoms with Gasteiger partial charge in [-0.25, -0.2) is 0 Å². The molecule has 1 aromatic carbocycles. The van der Waals surface area contributed by atoms with Gasteiger partial charge in [0.25, 0.3) is 0 Å². The molecule has 1 unspecified atom stereocenters. The number of nitrogens with one attached hydrogen (secondary N) is 1. The zero-order chi connectivity index (χ0) is 13.6. The van der Waals surface area contributed by atoms with E-state index in [0.29, 0.717) is 38.0 Å². The van der Waals surface area contributed by atoms with Gasteiger partial charge < -0.3 is 19.3 Å². The third-order valence-corrected chi connectivity index (χ3v) is 3.03. The average Bonchev–Trinajstić information content (AvgIpc) is 2.98. The van der Waals surface area contributed by atoms with Crippen molar-refractivity contribution in [1.29, 1.82) is 0 Å². The minimum atomic E-state index is -0.205. The molecule has 0 spiro atoms. The lowest BCUT2D eigenvalue weighted by Crippen LogP contribution is -2.22. The van der Waals surface area contributed by atoms with E-state index in [1.54, 1.807) is 0 Å². The third kappa shape index (κ3) is 3.34. The maximum Gasteiger partial charge on any atom is 0.228 e. The van der Waals surface area contributed by atoms with Gasteiger partial charge in [-0.1, -0.05) is 23.4 Å². The number of benzene rings is 1. The van der Waals surface area contributed by atoms with Gasteiger partial charge in [0, 0.05) is 18.7 Å². The van der Waals surface area contributed by atoms with Crippen LogP contribution in [0, 0.1) is 0 Å². The molecule has 6 heteroatoms. The standard InChI is InChI=1S/C14H17N3O3/c1-2-4-11(5-3-1)15-7-6-13-16-14(17-20-13)12-10-18-8-9-19-12/h1-5,12,15H,6-10H2. The number of hydrogen-bond acceptors (Lipinski definition) is 6. The van der Waals surface area contributed by atoms with E-state index in [0.717, 1.165) is 12.2 Å². The second-order valence-electron chi connectivity index (χ2n) is 4.52. The van der Waals surface area contributed by atoms with Crippen LogP contribution in [-0.2, 0) is 15.9 Å². The molecular weight excluding hydrogens is 258 g/mol. The zero-order valence-electron chi connectivity index (χ0n) is 11.1. The third-order valence-electron chi connectivity index (χ3n) is 3.03. The first-order valence-corrected chi connectivity index (χ1v) is 6.72. The van der Waals surface area contributed by atoms with Crippen LogP contribution in [0.4, 0.5) is 5.69 Å². The molecule has 6 nitrogen and oxygen atoms in total. The second kappa shape index (κ2) is 6.49. The van der Waals surface area contributed by atoms with Gasteiger partial charge in [-0.05, 0) is 12.1 Å². The van der Waals surface area contributed by atoms with Crippen LogP contribution in [-0.4, -0.2) is 36.5 Å². The van der Waals surface area contributed by atoms with Crippen LogP contribution < -0.4 is 5.32 Å². The summed E-state index contributed by atoms with van der Waals surface area (Å²) in [6, 6.07) is 10.0. The molecule has 2 heterocycles. The summed E-state index contributed by atoms with van der Waals surface area (Å²) < 4.78 is 16.1. The Kier molecular flexibility index (Phi) is 4.25. The number of rotatable bonds is 5. The predicted octanol–water partition coefficient (Wildman–Crippen LogP) is 1.81. The fourth-order valence-electron chi connectivity index (χ4n) is 2.01. The fraction of sp³-hybridized carbons (Fsp3) is 0.429. The molecule has 3 rings (SSSR count). The van der Waals surface area contributed by atoms with Crippen molar-refractivity contribution in [2.75, 3.05) is 31.7 Å². The molecule has 0 bridgehead atoms. The zero-order valence-corrected chi connectivity index (χ0v) is 11.1. The molecular formula is C14H17N3O3. The quantitative estimate of drug-likeness (QED) is 0.897. The summed E-state index contributed by atoms with van der Waals surface area (Å²) in [5.74, 6) is 1.18. The Morgan fingerprint density at radius 1 is 1.20 bits per heavy atom. The highest BCUT2D eigenvalue weighted by atomic mass is 16.6. The van der Waals surface area contributed by atoms with E-state index >= 15 is 0 Å². The Bertz CT molecular complexity index is 523. The summed E-state index contributed by atoms with van der Waals surface area (Å²) in [6.45, 7) is 2.43. The van der Waals surface area contributed by atoms with Crippen molar-refractivity contribution >= 4 is 5.69 Å². The summed E-state index contributed by atoms with van der Waals surface area (Å²) in [5, 5.41) is 7.24. The van der Waals surface area contributed by atoms with Crippen LogP contribution in [0.1, 0.15) is 17.8 Å². The molecule has 0 radical (unpaired) electrons. The van der Waals surface area contributed by atoms with Gasteiger partial charge in [0.1, 0.15) is 6.10 Å². The highest BCUT2D eigenvalue weighted by Gasteiger charge is 2.22. The van der Waals surface area contributed by atoms with E-state index in [-0.39, 0.29) is 6.10 Å². The van der Waals surface area contributed by atoms with Crippen LogP contribution in [0.3, 0.4) is 0 Å². The minimum absolute atomic E-state index is 0.205. The lowest BCUT2D eigenvalue weighted by Gasteiger charge is -2.19. The van der Waals surface area contributed by atoms with Gasteiger partial charge in [-0.15, -0.1) is 0 Å². The van der Waals surface area contributed by atoms with E-state index < -0.39 is 0 Å². The van der Waals surface area contributed by atoms with Crippen LogP contribution in [0.15, 0.2) is 34.9 Å². The first-order chi connectivity index (χ1) is 9.92. The van der Waals surface area contributed by atoms with Crippen LogP contribution >= 0.6 is 0 Å². The van der Waals surface area contributed by atoms with Crippen molar-refractivity contribution < 1.29 is 14.0 Å². The Hall–Kier alpha value is -1.92. The predicted molar refractivity (Wildman–Crippen MR) is 72.4 cm³/mol. The Balaban J connectivity index is 1.50. The van der Waals surface area contributed by atoms with Crippen LogP contribution in [0.2, 0.25) is 0 Å². The summed E-state index contributed by atoms with van der Waals surface area (Å²) in [4.78, 5) is 4.34. The summed E-state index contributed by atoms with van der Waals surface area (Å²) in [7, 11) is 0. The van der Waals surface area contributed by atoms with Gasteiger partial charge in [-0.3, -0.25) is 0 Å². The monoisotopic (exact) mass is 275 g/mol. The molecule has 0 aliphatic carbocycles. The van der Waals surface area contributed by atoms with E-state index in [1.807, 2.05) is 30.3 Å². The van der Waals surface area contributed by atoms with Crippen LogP contribution in [0.5, 0.6) is 0 Å². The van der Waals surface area contributed by atoms with Crippen molar-refractivity contribution in [3.8, 4) is 0 Å². The SMILES string of the molecule is c1ccc(NCCc2nc(C3COCCO3)no2)cc1. The maximum atomic E-state index is 5.53. The van der Waals surface area contributed by atoms with Crippen molar-refractivity contribution in [2.45, 2.75) is 12.5 Å². The van der Waals surface area contributed by atoms with Gasteiger partial charge in [0.15, 0.2) is 0 Å². The van der Waals surface area contributed by atoms with E-state index in [1.165, 1.54) is 0 Å². The summed E-state index contributed by atoms with van der Waals surface area (Å²) in [5.41, 5.74) is 1.08. The molecule has 1 aliphatic rings. The smallest absolute Gasteiger partial charge is 0.228 e. The molecule has 2 aromatic rings. The number of ether oxygens (including phenoxy) is 2. The van der Waals surface area contributed by atoms with Gasteiger partial charge in [0.2, 0.25) is 11.7 Å². The number of nitrogens with zero attached hydrogens (tertiary/aromatic N) is 2.